The second-order valence-electron chi connectivity index (χ2n) is 9.68. The molecule has 2 aromatic heterocycles. The van der Waals surface area contributed by atoms with E-state index >= 15 is 0 Å². The van der Waals surface area contributed by atoms with Gasteiger partial charge in [-0.15, -0.1) is 20.5 Å². The van der Waals surface area contributed by atoms with Crippen molar-refractivity contribution in [1.29, 1.82) is 0 Å². The number of benzene rings is 2. The van der Waals surface area contributed by atoms with Gasteiger partial charge in [-0.05, 0) is 65.8 Å². The number of hydrogen-bond acceptors (Lipinski definition) is 6. The normalized spacial score (nSPS) is 12.3. The molecule has 0 aliphatic carbocycles. The molecule has 2 aromatic carbocycles. The van der Waals surface area contributed by atoms with Crippen molar-refractivity contribution in [2.24, 2.45) is 20.5 Å². The molecule has 2 heterocycles. The Kier molecular flexibility index (Phi) is 6.93. The number of carbonyl (C=O) groups is 2. The molecule has 4 rings (SSSR count). The lowest BCUT2D eigenvalue weighted by molar-refractivity contribution is -0.126. The largest absolute Gasteiger partial charge is 0.493 e. The molecule has 2 amide bonds. The predicted molar refractivity (Wildman–Crippen MR) is 141 cm³/mol. The van der Waals surface area contributed by atoms with E-state index in [4.69, 9.17) is 0 Å². The number of azo groups is 2. The first-order valence-electron chi connectivity index (χ1n) is 12.1. The van der Waals surface area contributed by atoms with Gasteiger partial charge in [-0.3, -0.25) is 9.59 Å². The smallest absolute Gasteiger partial charge is 0.274 e. The SMILES string of the molecule is Cc1ccc2c(c1)c(N=NC(=O)CC(=O)N=Nc1c(O)n(C(C)C)c3ccc(C)cc13)c(O)n2C(C)C. The van der Waals surface area contributed by atoms with E-state index in [1.165, 1.54) is 0 Å². The molecule has 0 aliphatic heterocycles. The van der Waals surface area contributed by atoms with Crippen molar-refractivity contribution in [3.8, 4) is 11.8 Å². The van der Waals surface area contributed by atoms with E-state index in [2.05, 4.69) is 20.5 Å². The van der Waals surface area contributed by atoms with Crippen molar-refractivity contribution < 1.29 is 19.8 Å². The van der Waals surface area contributed by atoms with Crippen molar-refractivity contribution in [2.45, 2.75) is 60.0 Å². The zero-order valence-corrected chi connectivity index (χ0v) is 21.7. The maximum Gasteiger partial charge on any atom is 0.274 e. The predicted octanol–water partition coefficient (Wildman–Crippen LogP) is 7.10. The lowest BCUT2D eigenvalue weighted by atomic mass is 10.1. The molecule has 0 spiro atoms. The average Bonchev–Trinajstić information content (AvgIpc) is 3.25. The second kappa shape index (κ2) is 9.96. The van der Waals surface area contributed by atoms with E-state index in [0.717, 1.165) is 22.2 Å². The third-order valence-corrected chi connectivity index (χ3v) is 6.07. The topological polar surface area (TPSA) is 134 Å². The van der Waals surface area contributed by atoms with E-state index in [1.54, 1.807) is 9.13 Å². The van der Waals surface area contributed by atoms with Crippen molar-refractivity contribution >= 4 is 45.0 Å². The Morgan fingerprint density at radius 1 is 0.730 bits per heavy atom. The summed E-state index contributed by atoms with van der Waals surface area (Å²) in [6, 6.07) is 11.2. The Bertz CT molecular complexity index is 1470. The summed E-state index contributed by atoms with van der Waals surface area (Å²) in [7, 11) is 0. The molecule has 0 atom stereocenters. The minimum Gasteiger partial charge on any atom is -0.493 e. The highest BCUT2D eigenvalue weighted by molar-refractivity contribution is 5.99. The third kappa shape index (κ3) is 4.87. The van der Waals surface area contributed by atoms with Gasteiger partial charge >= 0.3 is 0 Å². The molecule has 0 unspecified atom stereocenters. The van der Waals surface area contributed by atoms with Crippen LogP contribution in [0.15, 0.2) is 56.9 Å². The number of amides is 2. The van der Waals surface area contributed by atoms with Crippen LogP contribution in [0.2, 0.25) is 0 Å². The van der Waals surface area contributed by atoms with Gasteiger partial charge in [0.2, 0.25) is 11.8 Å². The summed E-state index contributed by atoms with van der Waals surface area (Å²) in [5.74, 6) is -1.87. The summed E-state index contributed by atoms with van der Waals surface area (Å²) in [6.45, 7) is 11.5. The Morgan fingerprint density at radius 2 is 1.11 bits per heavy atom. The van der Waals surface area contributed by atoms with Gasteiger partial charge in [0, 0.05) is 22.9 Å². The number of nitrogens with zero attached hydrogens (tertiary/aromatic N) is 6. The van der Waals surface area contributed by atoms with Gasteiger partial charge in [-0.2, -0.15) is 0 Å². The zero-order valence-electron chi connectivity index (χ0n) is 21.7. The number of aromatic nitrogens is 2. The standard InChI is InChI=1S/C27H30N6O4/c1-14(2)32-20-9-7-16(5)11-18(20)24(26(32)36)30-28-22(34)13-23(35)29-31-25-19-12-17(6)8-10-21(19)33(15(3)4)27(25)37/h7-12,14-15,36-37H,13H2,1-6H3. The summed E-state index contributed by atoms with van der Waals surface area (Å²) < 4.78 is 3.41. The van der Waals surface area contributed by atoms with Gasteiger partial charge in [0.05, 0.1) is 11.0 Å². The summed E-state index contributed by atoms with van der Waals surface area (Å²) in [5.41, 5.74) is 3.78. The van der Waals surface area contributed by atoms with Crippen LogP contribution < -0.4 is 0 Å². The zero-order chi connectivity index (χ0) is 27.0. The minimum absolute atomic E-state index is 0.0475. The molecular formula is C27H30N6O4. The molecule has 4 aromatic rings. The monoisotopic (exact) mass is 502 g/mol. The van der Waals surface area contributed by atoms with Gasteiger partial charge in [0.25, 0.3) is 11.8 Å². The van der Waals surface area contributed by atoms with Crippen LogP contribution in [-0.4, -0.2) is 31.2 Å². The molecule has 192 valence electrons. The Labute approximate surface area is 214 Å². The van der Waals surface area contributed by atoms with Crippen molar-refractivity contribution in [1.82, 2.24) is 9.13 Å². The molecule has 0 saturated carbocycles. The fourth-order valence-corrected chi connectivity index (χ4v) is 4.45. The second-order valence-corrected chi connectivity index (χ2v) is 9.68. The van der Waals surface area contributed by atoms with Crippen molar-refractivity contribution in [3.05, 3.63) is 47.5 Å². The van der Waals surface area contributed by atoms with Gasteiger partial charge in [0.1, 0.15) is 6.42 Å². The molecule has 0 radical (unpaired) electrons. The number of carbonyl (C=O) groups excluding carboxylic acids is 2. The van der Waals surface area contributed by atoms with E-state index in [-0.39, 0.29) is 35.2 Å². The van der Waals surface area contributed by atoms with Crippen molar-refractivity contribution in [3.63, 3.8) is 0 Å². The molecule has 2 N–H and O–H groups in total. The number of rotatable bonds is 6. The van der Waals surface area contributed by atoms with Crippen molar-refractivity contribution in [2.75, 3.05) is 0 Å². The highest BCUT2D eigenvalue weighted by atomic mass is 16.3. The number of hydrogen-bond donors (Lipinski definition) is 2. The molecular weight excluding hydrogens is 472 g/mol. The van der Waals surface area contributed by atoms with Crippen LogP contribution in [-0.2, 0) is 9.59 Å². The highest BCUT2D eigenvalue weighted by Crippen LogP contribution is 2.42. The lowest BCUT2D eigenvalue weighted by Crippen LogP contribution is -2.01. The quantitative estimate of drug-likeness (QED) is 0.215. The average molecular weight is 503 g/mol. The molecule has 0 bridgehead atoms. The third-order valence-electron chi connectivity index (χ3n) is 6.07. The van der Waals surface area contributed by atoms with Gasteiger partial charge in [0.15, 0.2) is 11.4 Å². The number of fused-ring (bicyclic) bond motifs is 2. The Hall–Kier alpha value is -4.34. The first kappa shape index (κ1) is 25.7. The van der Waals surface area contributed by atoms with Gasteiger partial charge < -0.3 is 19.3 Å². The van der Waals surface area contributed by atoms with Crippen LogP contribution >= 0.6 is 0 Å². The van der Waals surface area contributed by atoms with Crippen LogP contribution in [0.3, 0.4) is 0 Å². The van der Waals surface area contributed by atoms with Crippen LogP contribution in [0.5, 0.6) is 11.8 Å². The maximum atomic E-state index is 12.4. The summed E-state index contributed by atoms with van der Waals surface area (Å²) in [6.07, 6.45) is -0.655. The lowest BCUT2D eigenvalue weighted by Gasteiger charge is -2.10. The van der Waals surface area contributed by atoms with Crippen LogP contribution in [0, 0.1) is 13.8 Å². The number of aromatic hydroxyl groups is 2. The summed E-state index contributed by atoms with van der Waals surface area (Å²) in [5, 5.41) is 38.0. The first-order chi connectivity index (χ1) is 17.5. The van der Waals surface area contributed by atoms with Crippen LogP contribution in [0.4, 0.5) is 11.4 Å². The highest BCUT2D eigenvalue weighted by Gasteiger charge is 2.21. The van der Waals surface area contributed by atoms with Crippen LogP contribution in [0.25, 0.3) is 21.8 Å². The molecule has 0 aliphatic rings. The van der Waals surface area contributed by atoms with E-state index < -0.39 is 18.2 Å². The van der Waals surface area contributed by atoms with Gasteiger partial charge in [-0.1, -0.05) is 23.3 Å². The Morgan fingerprint density at radius 3 is 1.46 bits per heavy atom. The van der Waals surface area contributed by atoms with E-state index in [9.17, 15) is 19.8 Å². The maximum absolute atomic E-state index is 12.4. The summed E-state index contributed by atoms with van der Waals surface area (Å²) >= 11 is 0. The molecule has 10 heteroatoms. The molecule has 0 saturated heterocycles. The van der Waals surface area contributed by atoms with E-state index in [0.29, 0.717) is 10.8 Å². The minimum atomic E-state index is -0.828. The first-order valence-corrected chi connectivity index (χ1v) is 12.1. The molecule has 37 heavy (non-hydrogen) atoms. The fourth-order valence-electron chi connectivity index (χ4n) is 4.45. The molecule has 0 fully saturated rings. The number of aryl methyl sites for hydroxylation is 2. The summed E-state index contributed by atoms with van der Waals surface area (Å²) in [4.78, 5) is 24.8. The van der Waals surface area contributed by atoms with Gasteiger partial charge in [-0.25, -0.2) is 0 Å². The Balaban J connectivity index is 1.57. The fraction of sp³-hybridized carbons (Fsp3) is 0.333. The van der Waals surface area contributed by atoms with Crippen LogP contribution in [0.1, 0.15) is 57.3 Å². The molecule has 10 nitrogen and oxygen atoms in total. The van der Waals surface area contributed by atoms with E-state index in [1.807, 2.05) is 77.9 Å².